The fraction of sp³-hybridized carbons (Fsp3) is 0.292. The first-order chi connectivity index (χ1) is 16.2. The Morgan fingerprint density at radius 2 is 1.97 bits per heavy atom. The van der Waals surface area contributed by atoms with Crippen LogP contribution < -0.4 is 10.3 Å². The molecule has 0 unspecified atom stereocenters. The Morgan fingerprint density at radius 3 is 2.56 bits per heavy atom. The van der Waals surface area contributed by atoms with E-state index in [1.807, 2.05) is 18.2 Å². The van der Waals surface area contributed by atoms with Crippen molar-refractivity contribution in [3.63, 3.8) is 0 Å². The molecule has 1 saturated heterocycles. The predicted molar refractivity (Wildman–Crippen MR) is 134 cm³/mol. The lowest BCUT2D eigenvalue weighted by Gasteiger charge is -2.16. The fourth-order valence-corrected chi connectivity index (χ4v) is 4.95. The van der Waals surface area contributed by atoms with E-state index < -0.39 is 17.2 Å². The van der Waals surface area contributed by atoms with Crippen molar-refractivity contribution in [2.45, 2.75) is 33.2 Å². The summed E-state index contributed by atoms with van der Waals surface area (Å²) in [4.78, 5) is 39.9. The van der Waals surface area contributed by atoms with Gasteiger partial charge in [0.15, 0.2) is 5.78 Å². The smallest absolute Gasteiger partial charge is 0.271 e. The minimum atomic E-state index is -0.627. The van der Waals surface area contributed by atoms with Crippen LogP contribution in [-0.2, 0) is 11.3 Å². The zero-order valence-electron chi connectivity index (χ0n) is 19.0. The first-order valence-electron chi connectivity index (χ1n) is 10.5. The maximum Gasteiger partial charge on any atom is 0.271 e. The van der Waals surface area contributed by atoms with Crippen molar-refractivity contribution < 1.29 is 19.4 Å². The molecule has 1 amide bonds. The van der Waals surface area contributed by atoms with Crippen LogP contribution in [0.25, 0.3) is 6.08 Å². The van der Waals surface area contributed by atoms with Crippen LogP contribution in [0, 0.1) is 18.3 Å². The molecule has 176 valence electrons. The standard InChI is InChI=1S/C24H23N3O5S2/c1-4-26-21(29)17(13-25)14(2)20(23(26)31)18(28)6-5-11-27-22(30)19(34-24(27)33)12-15-7-9-16(32-3)10-8-15/h7-10,12,31H,4-6,11H2,1-3H3/b19-12-. The molecule has 2 heterocycles. The Hall–Kier alpha value is -3.42. The molecule has 0 bridgehead atoms. The summed E-state index contributed by atoms with van der Waals surface area (Å²) in [7, 11) is 1.58. The average Bonchev–Trinajstić information content (AvgIpc) is 3.07. The maximum atomic E-state index is 12.9. The third-order valence-electron chi connectivity index (χ3n) is 5.47. The SMILES string of the molecule is CCn1c(O)c(C(=O)CCCN2C(=O)/C(=C/c3ccc(OC)cc3)SC2=S)c(C)c(C#N)c1=O. The quantitative estimate of drug-likeness (QED) is 0.334. The van der Waals surface area contributed by atoms with E-state index in [9.17, 15) is 24.8 Å². The molecule has 8 nitrogen and oxygen atoms in total. The molecule has 0 atom stereocenters. The lowest BCUT2D eigenvalue weighted by Crippen LogP contribution is -2.29. The summed E-state index contributed by atoms with van der Waals surface area (Å²) in [5.41, 5.74) is 0.165. The third-order valence-corrected chi connectivity index (χ3v) is 6.85. The summed E-state index contributed by atoms with van der Waals surface area (Å²) in [5.74, 6) is -0.370. The number of nitrogens with zero attached hydrogens (tertiary/aromatic N) is 3. The molecule has 0 radical (unpaired) electrons. The number of ether oxygens (including phenoxy) is 1. The number of ketones is 1. The second kappa shape index (κ2) is 10.7. The average molecular weight is 498 g/mol. The Balaban J connectivity index is 1.71. The van der Waals surface area contributed by atoms with Gasteiger partial charge in [-0.15, -0.1) is 0 Å². The normalized spacial score (nSPS) is 14.5. The van der Waals surface area contributed by atoms with E-state index in [2.05, 4.69) is 0 Å². The zero-order chi connectivity index (χ0) is 25.0. The molecule has 2 aromatic rings. The topological polar surface area (TPSA) is 113 Å². The Kier molecular flexibility index (Phi) is 7.91. The lowest BCUT2D eigenvalue weighted by atomic mass is 9.99. The number of methoxy groups -OCH3 is 1. The summed E-state index contributed by atoms with van der Waals surface area (Å²) < 4.78 is 6.55. The number of rotatable bonds is 8. The number of aromatic hydroxyl groups is 1. The van der Waals surface area contributed by atoms with Gasteiger partial charge in [-0.3, -0.25) is 23.9 Å². The van der Waals surface area contributed by atoms with E-state index in [-0.39, 0.29) is 42.1 Å². The molecule has 1 aliphatic heterocycles. The van der Waals surface area contributed by atoms with E-state index in [0.29, 0.717) is 21.4 Å². The molecular weight excluding hydrogens is 474 g/mol. The van der Waals surface area contributed by atoms with Crippen LogP contribution in [0.15, 0.2) is 34.0 Å². The molecule has 34 heavy (non-hydrogen) atoms. The number of benzene rings is 1. The molecule has 1 aromatic heterocycles. The van der Waals surface area contributed by atoms with Crippen molar-refractivity contribution in [3.8, 4) is 17.7 Å². The van der Waals surface area contributed by atoms with Gasteiger partial charge in [-0.1, -0.05) is 36.1 Å². The first-order valence-corrected chi connectivity index (χ1v) is 11.7. The molecule has 1 fully saturated rings. The van der Waals surface area contributed by atoms with E-state index in [1.165, 1.54) is 23.6 Å². The van der Waals surface area contributed by atoms with Gasteiger partial charge in [0.1, 0.15) is 21.7 Å². The number of nitriles is 1. The summed E-state index contributed by atoms with van der Waals surface area (Å²) in [6.07, 6.45) is 2.06. The van der Waals surface area contributed by atoms with E-state index in [4.69, 9.17) is 17.0 Å². The first kappa shape index (κ1) is 25.2. The number of hydrogen-bond acceptors (Lipinski definition) is 8. The monoisotopic (exact) mass is 497 g/mol. The maximum absolute atomic E-state index is 12.9. The van der Waals surface area contributed by atoms with Gasteiger partial charge in [0, 0.05) is 19.5 Å². The number of thioether (sulfide) groups is 1. The summed E-state index contributed by atoms with van der Waals surface area (Å²) in [6.45, 7) is 3.46. The van der Waals surface area contributed by atoms with Crippen LogP contribution in [0.2, 0.25) is 0 Å². The molecule has 1 N–H and O–H groups in total. The number of carbonyl (C=O) groups is 2. The minimum Gasteiger partial charge on any atom is -0.497 e. The van der Waals surface area contributed by atoms with Crippen molar-refractivity contribution in [1.82, 2.24) is 9.47 Å². The Labute approximate surface area is 206 Å². The van der Waals surface area contributed by atoms with Crippen LogP contribution in [0.5, 0.6) is 11.6 Å². The zero-order valence-corrected chi connectivity index (χ0v) is 20.6. The summed E-state index contributed by atoms with van der Waals surface area (Å²) >= 11 is 6.55. The van der Waals surface area contributed by atoms with Crippen LogP contribution in [0.3, 0.4) is 0 Å². The highest BCUT2D eigenvalue weighted by Gasteiger charge is 2.32. The molecule has 1 aromatic carbocycles. The van der Waals surface area contributed by atoms with Crippen LogP contribution in [-0.4, -0.2) is 44.2 Å². The minimum absolute atomic E-state index is 0.00970. The van der Waals surface area contributed by atoms with Crippen LogP contribution >= 0.6 is 24.0 Å². The second-order valence-corrected chi connectivity index (χ2v) is 9.17. The van der Waals surface area contributed by atoms with Gasteiger partial charge in [-0.2, -0.15) is 5.26 Å². The number of carbonyl (C=O) groups excluding carboxylic acids is 2. The van der Waals surface area contributed by atoms with Gasteiger partial charge in [0.05, 0.1) is 17.6 Å². The highest BCUT2D eigenvalue weighted by molar-refractivity contribution is 8.26. The van der Waals surface area contributed by atoms with Gasteiger partial charge < -0.3 is 9.84 Å². The van der Waals surface area contributed by atoms with Gasteiger partial charge in [0.2, 0.25) is 5.88 Å². The summed E-state index contributed by atoms with van der Waals surface area (Å²) in [6, 6.07) is 9.10. The van der Waals surface area contributed by atoms with Crippen molar-refractivity contribution in [1.29, 1.82) is 5.26 Å². The Bertz CT molecular complexity index is 1290. The van der Waals surface area contributed by atoms with Crippen LogP contribution in [0.4, 0.5) is 0 Å². The number of aromatic nitrogens is 1. The number of hydrogen-bond donors (Lipinski definition) is 1. The molecule has 3 rings (SSSR count). The van der Waals surface area contributed by atoms with Crippen LogP contribution in [0.1, 0.15) is 46.8 Å². The molecule has 0 saturated carbocycles. The van der Waals surface area contributed by atoms with Gasteiger partial charge in [0.25, 0.3) is 11.5 Å². The highest BCUT2D eigenvalue weighted by Crippen LogP contribution is 2.33. The molecule has 10 heteroatoms. The van der Waals surface area contributed by atoms with Gasteiger partial charge >= 0.3 is 0 Å². The number of amides is 1. The van der Waals surface area contributed by atoms with Crippen molar-refractivity contribution in [2.24, 2.45) is 0 Å². The Morgan fingerprint density at radius 1 is 1.29 bits per heavy atom. The second-order valence-electron chi connectivity index (χ2n) is 7.49. The van der Waals surface area contributed by atoms with Gasteiger partial charge in [-0.25, -0.2) is 0 Å². The van der Waals surface area contributed by atoms with Crippen molar-refractivity contribution in [2.75, 3.05) is 13.7 Å². The predicted octanol–water partition coefficient (Wildman–Crippen LogP) is 3.63. The van der Waals surface area contributed by atoms with E-state index >= 15 is 0 Å². The molecular formula is C24H23N3O5S2. The lowest BCUT2D eigenvalue weighted by molar-refractivity contribution is -0.122. The van der Waals surface area contributed by atoms with E-state index in [0.717, 1.165) is 10.1 Å². The fourth-order valence-electron chi connectivity index (χ4n) is 3.65. The number of thiocarbonyl (C=S) groups is 1. The molecule has 0 aliphatic carbocycles. The number of pyridine rings is 1. The summed E-state index contributed by atoms with van der Waals surface area (Å²) in [5, 5.41) is 19.8. The largest absolute Gasteiger partial charge is 0.497 e. The molecule has 1 aliphatic rings. The highest BCUT2D eigenvalue weighted by atomic mass is 32.2. The third kappa shape index (κ3) is 4.90. The van der Waals surface area contributed by atoms with Crippen molar-refractivity contribution >= 4 is 46.1 Å². The van der Waals surface area contributed by atoms with Gasteiger partial charge in [-0.05, 0) is 49.6 Å². The molecule has 0 spiro atoms. The number of Topliss-reactive ketones (excluding diaryl/α,β-unsaturated/α-hetero) is 1. The van der Waals surface area contributed by atoms with Crippen molar-refractivity contribution in [3.05, 3.63) is 61.8 Å². The van der Waals surface area contributed by atoms with E-state index in [1.54, 1.807) is 32.2 Å².